The number of hydrogen-bond donors (Lipinski definition) is 1. The molecule has 0 bridgehead atoms. The maximum absolute atomic E-state index is 11.2. The zero-order chi connectivity index (χ0) is 16.4. The minimum Gasteiger partial charge on any atom is -0.476 e. The zero-order valence-electron chi connectivity index (χ0n) is 11.7. The lowest BCUT2D eigenvalue weighted by molar-refractivity contribution is -0.384. The minimum atomic E-state index is -1.16. The van der Waals surface area contributed by atoms with Gasteiger partial charge in [0.05, 0.1) is 22.0 Å². The fraction of sp³-hybridized carbons (Fsp3) is 0. The van der Waals surface area contributed by atoms with Gasteiger partial charge in [-0.05, 0) is 24.3 Å². The standard InChI is InChI=1S/C15H10N4O4/c20-15(21)13-9-14(12-3-1-2-8-16-12)18(17-13)10-4-6-11(7-5-10)19(22)23/h1-9H,(H,20,21). The van der Waals surface area contributed by atoms with Gasteiger partial charge in [0.25, 0.3) is 5.69 Å². The Labute approximate surface area is 129 Å². The van der Waals surface area contributed by atoms with E-state index in [0.717, 1.165) is 0 Å². The molecule has 2 aromatic heterocycles. The van der Waals surface area contributed by atoms with Gasteiger partial charge in [-0.2, -0.15) is 5.10 Å². The highest BCUT2D eigenvalue weighted by molar-refractivity contribution is 5.87. The van der Waals surface area contributed by atoms with Crippen LogP contribution in [-0.2, 0) is 0 Å². The average Bonchev–Trinajstić information content (AvgIpc) is 3.01. The van der Waals surface area contributed by atoms with Crippen LogP contribution < -0.4 is 0 Å². The molecule has 114 valence electrons. The quantitative estimate of drug-likeness (QED) is 0.585. The summed E-state index contributed by atoms with van der Waals surface area (Å²) >= 11 is 0. The number of benzene rings is 1. The molecule has 0 unspecified atom stereocenters. The van der Waals surface area contributed by atoms with Crippen LogP contribution in [-0.4, -0.2) is 30.8 Å². The Morgan fingerprint density at radius 2 is 1.91 bits per heavy atom. The van der Waals surface area contributed by atoms with E-state index in [-0.39, 0.29) is 11.4 Å². The topological polar surface area (TPSA) is 111 Å². The number of aromatic carboxylic acids is 1. The fourth-order valence-corrected chi connectivity index (χ4v) is 2.09. The van der Waals surface area contributed by atoms with Crippen molar-refractivity contribution in [1.29, 1.82) is 0 Å². The van der Waals surface area contributed by atoms with E-state index in [4.69, 9.17) is 5.11 Å². The lowest BCUT2D eigenvalue weighted by atomic mass is 10.2. The number of non-ortho nitro benzene ring substituents is 1. The molecule has 0 atom stereocenters. The molecule has 8 heteroatoms. The Bertz CT molecular complexity index is 872. The molecule has 3 rings (SSSR count). The Hall–Kier alpha value is -3.55. The molecule has 0 saturated carbocycles. The number of aromatic nitrogens is 3. The van der Waals surface area contributed by atoms with E-state index in [2.05, 4.69) is 10.1 Å². The largest absolute Gasteiger partial charge is 0.476 e. The number of nitrogens with zero attached hydrogens (tertiary/aromatic N) is 4. The molecule has 1 N–H and O–H groups in total. The van der Waals surface area contributed by atoms with Gasteiger partial charge in [0.15, 0.2) is 5.69 Å². The summed E-state index contributed by atoms with van der Waals surface area (Å²) < 4.78 is 1.40. The van der Waals surface area contributed by atoms with Gasteiger partial charge in [0, 0.05) is 24.4 Å². The van der Waals surface area contributed by atoms with Gasteiger partial charge < -0.3 is 5.11 Å². The molecule has 23 heavy (non-hydrogen) atoms. The first kappa shape index (κ1) is 14.4. The molecule has 3 aromatic rings. The first-order chi connectivity index (χ1) is 11.1. The summed E-state index contributed by atoms with van der Waals surface area (Å²) in [4.78, 5) is 25.6. The van der Waals surface area contributed by atoms with Crippen LogP contribution in [0.25, 0.3) is 17.1 Å². The second-order valence-electron chi connectivity index (χ2n) is 4.62. The van der Waals surface area contributed by atoms with Gasteiger partial charge in [-0.15, -0.1) is 0 Å². The highest BCUT2D eigenvalue weighted by Crippen LogP contribution is 2.23. The fourth-order valence-electron chi connectivity index (χ4n) is 2.09. The number of rotatable bonds is 4. The Balaban J connectivity index is 2.14. The lowest BCUT2D eigenvalue weighted by Gasteiger charge is -2.06. The highest BCUT2D eigenvalue weighted by Gasteiger charge is 2.17. The molecular weight excluding hydrogens is 300 g/mol. The predicted molar refractivity (Wildman–Crippen MR) is 80.4 cm³/mol. The van der Waals surface area contributed by atoms with Crippen molar-refractivity contribution in [3.8, 4) is 17.1 Å². The summed E-state index contributed by atoms with van der Waals surface area (Å²) in [5.41, 5.74) is 1.34. The summed E-state index contributed by atoms with van der Waals surface area (Å²) in [5.74, 6) is -1.16. The average molecular weight is 310 g/mol. The number of pyridine rings is 1. The molecule has 0 aliphatic carbocycles. The van der Waals surface area contributed by atoms with Crippen molar-refractivity contribution < 1.29 is 14.8 Å². The molecule has 0 aliphatic rings. The van der Waals surface area contributed by atoms with Crippen LogP contribution in [0.5, 0.6) is 0 Å². The van der Waals surface area contributed by atoms with E-state index in [1.807, 2.05) is 0 Å². The van der Waals surface area contributed by atoms with Gasteiger partial charge in [-0.3, -0.25) is 15.1 Å². The van der Waals surface area contributed by atoms with Gasteiger partial charge in [-0.1, -0.05) is 6.07 Å². The van der Waals surface area contributed by atoms with Crippen molar-refractivity contribution in [2.75, 3.05) is 0 Å². The maximum Gasteiger partial charge on any atom is 0.356 e. The highest BCUT2D eigenvalue weighted by atomic mass is 16.6. The molecule has 8 nitrogen and oxygen atoms in total. The zero-order valence-corrected chi connectivity index (χ0v) is 11.7. The number of hydrogen-bond acceptors (Lipinski definition) is 5. The first-order valence-corrected chi connectivity index (χ1v) is 6.56. The monoisotopic (exact) mass is 310 g/mol. The summed E-state index contributed by atoms with van der Waals surface area (Å²) in [6.07, 6.45) is 1.59. The van der Waals surface area contributed by atoms with E-state index in [1.165, 1.54) is 35.0 Å². The van der Waals surface area contributed by atoms with Gasteiger partial charge in [-0.25, -0.2) is 9.48 Å². The van der Waals surface area contributed by atoms with Crippen LogP contribution in [0.3, 0.4) is 0 Å². The van der Waals surface area contributed by atoms with Gasteiger partial charge in [0.2, 0.25) is 0 Å². The molecular formula is C15H10N4O4. The number of carboxylic acid groups (broad SMARTS) is 1. The first-order valence-electron chi connectivity index (χ1n) is 6.56. The number of nitro benzene ring substituents is 1. The van der Waals surface area contributed by atoms with Crippen molar-refractivity contribution in [2.45, 2.75) is 0 Å². The van der Waals surface area contributed by atoms with Crippen molar-refractivity contribution >= 4 is 11.7 Å². The van der Waals surface area contributed by atoms with Gasteiger partial charge >= 0.3 is 5.97 Å². The van der Waals surface area contributed by atoms with E-state index >= 15 is 0 Å². The van der Waals surface area contributed by atoms with Crippen molar-refractivity contribution in [1.82, 2.24) is 14.8 Å². The molecule has 0 saturated heterocycles. The third kappa shape index (κ3) is 2.77. The molecule has 0 amide bonds. The van der Waals surface area contributed by atoms with Crippen LogP contribution in [0.15, 0.2) is 54.7 Å². The van der Waals surface area contributed by atoms with Crippen molar-refractivity contribution in [3.63, 3.8) is 0 Å². The lowest BCUT2D eigenvalue weighted by Crippen LogP contribution is -2.02. The number of nitro groups is 1. The Kier molecular flexibility index (Phi) is 3.55. The van der Waals surface area contributed by atoms with Crippen LogP contribution >= 0.6 is 0 Å². The Morgan fingerprint density at radius 3 is 2.48 bits per heavy atom. The van der Waals surface area contributed by atoms with E-state index in [1.54, 1.807) is 24.4 Å². The normalized spacial score (nSPS) is 10.4. The van der Waals surface area contributed by atoms with Gasteiger partial charge in [0.1, 0.15) is 0 Å². The molecule has 0 aliphatic heterocycles. The Morgan fingerprint density at radius 1 is 1.17 bits per heavy atom. The molecule has 0 fully saturated rings. The predicted octanol–water partition coefficient (Wildman–Crippen LogP) is 2.54. The summed E-state index contributed by atoms with van der Waals surface area (Å²) in [6, 6.07) is 12.3. The van der Waals surface area contributed by atoms with E-state index in [0.29, 0.717) is 17.1 Å². The molecule has 1 aromatic carbocycles. The van der Waals surface area contributed by atoms with Crippen LogP contribution in [0.2, 0.25) is 0 Å². The summed E-state index contributed by atoms with van der Waals surface area (Å²) in [6.45, 7) is 0. The third-order valence-corrected chi connectivity index (χ3v) is 3.16. The third-order valence-electron chi connectivity index (χ3n) is 3.16. The molecule has 0 spiro atoms. The second kappa shape index (κ2) is 5.68. The minimum absolute atomic E-state index is 0.0567. The number of carboxylic acids is 1. The smallest absolute Gasteiger partial charge is 0.356 e. The van der Waals surface area contributed by atoms with Crippen LogP contribution in [0, 0.1) is 10.1 Å². The summed E-state index contributed by atoms with van der Waals surface area (Å²) in [7, 11) is 0. The van der Waals surface area contributed by atoms with Crippen LogP contribution in [0.1, 0.15) is 10.5 Å². The maximum atomic E-state index is 11.2. The van der Waals surface area contributed by atoms with Crippen LogP contribution in [0.4, 0.5) is 5.69 Å². The SMILES string of the molecule is O=C(O)c1cc(-c2ccccn2)n(-c2ccc([N+](=O)[O-])cc2)n1. The summed E-state index contributed by atoms with van der Waals surface area (Å²) in [5, 5.41) is 23.9. The van der Waals surface area contributed by atoms with E-state index in [9.17, 15) is 14.9 Å². The van der Waals surface area contributed by atoms with Crippen molar-refractivity contribution in [2.24, 2.45) is 0 Å². The second-order valence-corrected chi connectivity index (χ2v) is 4.62. The molecule has 2 heterocycles. The number of carbonyl (C=O) groups is 1. The van der Waals surface area contributed by atoms with Crippen molar-refractivity contribution in [3.05, 3.63) is 70.5 Å². The molecule has 0 radical (unpaired) electrons. The van der Waals surface area contributed by atoms with E-state index < -0.39 is 10.9 Å².